The third-order valence-corrected chi connectivity index (χ3v) is 6.50. The molecule has 0 aliphatic rings. The van der Waals surface area contributed by atoms with Gasteiger partial charge in [-0.1, -0.05) is 30.3 Å². The van der Waals surface area contributed by atoms with E-state index >= 15 is 0 Å². The Morgan fingerprint density at radius 2 is 1.69 bits per heavy atom. The van der Waals surface area contributed by atoms with Crippen molar-refractivity contribution in [2.45, 2.75) is 38.9 Å². The van der Waals surface area contributed by atoms with Gasteiger partial charge in [-0.2, -0.15) is 0 Å². The van der Waals surface area contributed by atoms with Gasteiger partial charge in [0, 0.05) is 32.6 Å². The van der Waals surface area contributed by atoms with Crippen LogP contribution in [0.2, 0.25) is 0 Å². The lowest BCUT2D eigenvalue weighted by molar-refractivity contribution is -0.0893. The van der Waals surface area contributed by atoms with Crippen LogP contribution in [0.15, 0.2) is 48.8 Å². The number of benzene rings is 2. The fourth-order valence-electron chi connectivity index (χ4n) is 2.92. The maximum atomic E-state index is 10.3. The summed E-state index contributed by atoms with van der Waals surface area (Å²) in [6.07, 6.45) is 3.77. The van der Waals surface area contributed by atoms with Crippen molar-refractivity contribution in [3.05, 3.63) is 48.8 Å². The van der Waals surface area contributed by atoms with Crippen molar-refractivity contribution >= 4 is 55.2 Å². The van der Waals surface area contributed by atoms with E-state index in [4.69, 9.17) is 4.65 Å². The molecule has 0 fully saturated rings. The second-order valence-electron chi connectivity index (χ2n) is 7.66. The molecule has 2 heterocycles. The molecule has 4 aromatic rings. The maximum absolute atomic E-state index is 10.3. The summed E-state index contributed by atoms with van der Waals surface area (Å²) in [4.78, 5) is 4.27. The number of nitrogens with zero attached hydrogens (tertiary/aromatic N) is 1. The average molecular weight is 362 g/mol. The van der Waals surface area contributed by atoms with Gasteiger partial charge in [0.2, 0.25) is 0 Å². The van der Waals surface area contributed by atoms with Gasteiger partial charge in [-0.15, -0.1) is 11.3 Å². The second kappa shape index (κ2) is 6.05. The van der Waals surface area contributed by atoms with Crippen LogP contribution in [0.5, 0.6) is 0 Å². The monoisotopic (exact) mass is 362 g/mol. The lowest BCUT2D eigenvalue weighted by Crippen LogP contribution is -2.49. The number of pyridine rings is 1. The predicted molar refractivity (Wildman–Crippen MR) is 111 cm³/mol. The SMILES string of the molecule is CC(C)(O)C(C)(C)O[B]c1cccc2c1ccc1c3cnccc3sc21. The van der Waals surface area contributed by atoms with Crippen LogP contribution in [0.4, 0.5) is 0 Å². The van der Waals surface area contributed by atoms with Gasteiger partial charge in [0.1, 0.15) is 0 Å². The fraction of sp³-hybridized carbons (Fsp3) is 0.286. The number of hydrogen-bond acceptors (Lipinski definition) is 4. The van der Waals surface area contributed by atoms with Crippen molar-refractivity contribution < 1.29 is 9.76 Å². The molecule has 131 valence electrons. The topological polar surface area (TPSA) is 42.4 Å². The minimum Gasteiger partial charge on any atom is -0.427 e. The molecule has 1 radical (unpaired) electrons. The van der Waals surface area contributed by atoms with Gasteiger partial charge in [0.05, 0.1) is 11.2 Å². The van der Waals surface area contributed by atoms with E-state index in [1.165, 1.54) is 25.6 Å². The first-order valence-corrected chi connectivity index (χ1v) is 9.51. The summed E-state index contributed by atoms with van der Waals surface area (Å²) in [5.74, 6) is 0. The summed E-state index contributed by atoms with van der Waals surface area (Å²) in [7, 11) is 1.76. The van der Waals surface area contributed by atoms with Crippen LogP contribution in [-0.2, 0) is 4.65 Å². The van der Waals surface area contributed by atoms with Crippen LogP contribution in [0.3, 0.4) is 0 Å². The molecule has 5 heteroatoms. The third kappa shape index (κ3) is 2.80. The van der Waals surface area contributed by atoms with Gasteiger partial charge in [-0.3, -0.25) is 4.98 Å². The molecule has 0 unspecified atom stereocenters. The molecule has 0 bridgehead atoms. The van der Waals surface area contributed by atoms with Crippen molar-refractivity contribution in [3.8, 4) is 0 Å². The highest BCUT2D eigenvalue weighted by atomic mass is 32.1. The summed E-state index contributed by atoms with van der Waals surface area (Å²) < 4.78 is 8.49. The van der Waals surface area contributed by atoms with E-state index in [0.29, 0.717) is 0 Å². The molecule has 0 aliphatic heterocycles. The first-order chi connectivity index (χ1) is 12.3. The van der Waals surface area contributed by atoms with E-state index in [0.717, 1.165) is 10.8 Å². The van der Waals surface area contributed by atoms with Gasteiger partial charge >= 0.3 is 7.48 Å². The summed E-state index contributed by atoms with van der Waals surface area (Å²) in [6, 6.07) is 12.6. The zero-order valence-electron chi connectivity index (χ0n) is 15.4. The van der Waals surface area contributed by atoms with Gasteiger partial charge in [0.15, 0.2) is 0 Å². The number of rotatable bonds is 4. The molecule has 1 N–H and O–H groups in total. The molecule has 26 heavy (non-hydrogen) atoms. The first kappa shape index (κ1) is 17.5. The summed E-state index contributed by atoms with van der Waals surface area (Å²) in [5, 5.41) is 15.1. The van der Waals surface area contributed by atoms with E-state index < -0.39 is 11.2 Å². The Morgan fingerprint density at radius 3 is 2.46 bits per heavy atom. The van der Waals surface area contributed by atoms with Gasteiger partial charge in [-0.25, -0.2) is 0 Å². The maximum Gasteiger partial charge on any atom is 0.331 e. The molecule has 0 spiro atoms. The van der Waals surface area contributed by atoms with E-state index in [1.807, 2.05) is 32.3 Å². The molecular formula is C21H21BNO2S. The quantitative estimate of drug-likeness (QED) is 0.547. The minimum atomic E-state index is -0.945. The molecule has 0 atom stereocenters. The summed E-state index contributed by atoms with van der Waals surface area (Å²) in [5.41, 5.74) is -0.625. The van der Waals surface area contributed by atoms with Crippen molar-refractivity contribution in [2.24, 2.45) is 0 Å². The Bertz CT molecular complexity index is 1110. The molecule has 2 aromatic heterocycles. The van der Waals surface area contributed by atoms with Crippen LogP contribution in [0, 0.1) is 0 Å². The van der Waals surface area contributed by atoms with Crippen LogP contribution in [0.25, 0.3) is 30.9 Å². The van der Waals surface area contributed by atoms with Crippen molar-refractivity contribution in [2.75, 3.05) is 0 Å². The average Bonchev–Trinajstić information content (AvgIpc) is 2.98. The van der Waals surface area contributed by atoms with Gasteiger partial charge in [0.25, 0.3) is 0 Å². The minimum absolute atomic E-state index is 0.692. The number of hydrogen-bond donors (Lipinski definition) is 1. The first-order valence-electron chi connectivity index (χ1n) is 8.69. The highest BCUT2D eigenvalue weighted by Gasteiger charge is 2.35. The molecule has 0 saturated carbocycles. The normalized spacial score (nSPS) is 13.0. The molecule has 0 amide bonds. The molecule has 0 aliphatic carbocycles. The van der Waals surface area contributed by atoms with Crippen LogP contribution in [0.1, 0.15) is 27.7 Å². The predicted octanol–water partition coefficient (Wildman–Crippen LogP) is 4.41. The molecule has 4 rings (SSSR count). The second-order valence-corrected chi connectivity index (χ2v) is 8.72. The van der Waals surface area contributed by atoms with Crippen LogP contribution < -0.4 is 5.46 Å². The highest BCUT2D eigenvalue weighted by molar-refractivity contribution is 7.26. The van der Waals surface area contributed by atoms with E-state index in [9.17, 15) is 5.11 Å². The van der Waals surface area contributed by atoms with Gasteiger partial charge < -0.3 is 9.76 Å². The Morgan fingerprint density at radius 1 is 0.962 bits per heavy atom. The van der Waals surface area contributed by atoms with Crippen molar-refractivity contribution in [3.63, 3.8) is 0 Å². The number of aromatic nitrogens is 1. The lowest BCUT2D eigenvalue weighted by Gasteiger charge is -2.37. The fourth-order valence-corrected chi connectivity index (χ4v) is 4.11. The zero-order chi connectivity index (χ0) is 18.5. The standard InChI is InChI=1S/C21H21BNO2S/c1-20(2,24)21(3,4)25-22-17-7-5-6-14-13(17)8-9-15-16-12-23-11-10-18(16)26-19(14)15/h5-12,24H,1-4H3. The highest BCUT2D eigenvalue weighted by Crippen LogP contribution is 2.37. The number of fused-ring (bicyclic) bond motifs is 5. The Labute approximate surface area is 157 Å². The molecule has 0 saturated heterocycles. The Balaban J connectivity index is 1.81. The summed E-state index contributed by atoms with van der Waals surface area (Å²) in [6.45, 7) is 7.31. The molecular weight excluding hydrogens is 341 g/mol. The van der Waals surface area contributed by atoms with Crippen LogP contribution >= 0.6 is 11.3 Å². The van der Waals surface area contributed by atoms with Crippen molar-refractivity contribution in [1.82, 2.24) is 4.98 Å². The van der Waals surface area contributed by atoms with E-state index in [-0.39, 0.29) is 0 Å². The Hall–Kier alpha value is -1.95. The van der Waals surface area contributed by atoms with Crippen LogP contribution in [-0.4, -0.2) is 28.8 Å². The third-order valence-electron chi connectivity index (χ3n) is 5.28. The van der Waals surface area contributed by atoms with E-state index in [2.05, 4.69) is 35.3 Å². The molecule has 3 nitrogen and oxygen atoms in total. The number of thiophene rings is 1. The van der Waals surface area contributed by atoms with E-state index in [1.54, 1.807) is 32.7 Å². The Kier molecular flexibility index (Phi) is 4.06. The smallest absolute Gasteiger partial charge is 0.331 e. The zero-order valence-corrected chi connectivity index (χ0v) is 16.2. The number of aliphatic hydroxyl groups is 1. The summed E-state index contributed by atoms with van der Waals surface area (Å²) >= 11 is 1.79. The molecule has 2 aromatic carbocycles. The van der Waals surface area contributed by atoms with Gasteiger partial charge in [-0.05, 0) is 50.0 Å². The lowest BCUT2D eigenvalue weighted by atomic mass is 9.80. The van der Waals surface area contributed by atoms with Crippen molar-refractivity contribution in [1.29, 1.82) is 0 Å². The largest absolute Gasteiger partial charge is 0.427 e.